The summed E-state index contributed by atoms with van der Waals surface area (Å²) < 4.78 is 21.6. The maximum absolute atomic E-state index is 12.7. The number of benzene rings is 1. The maximum Gasteiger partial charge on any atom is 0.410 e. The van der Waals surface area contributed by atoms with E-state index in [0.29, 0.717) is 30.8 Å². The fourth-order valence-corrected chi connectivity index (χ4v) is 3.38. The maximum atomic E-state index is 12.7. The van der Waals surface area contributed by atoms with Gasteiger partial charge in [-0.25, -0.2) is 9.59 Å². The van der Waals surface area contributed by atoms with Crippen molar-refractivity contribution < 1.29 is 38.1 Å². The van der Waals surface area contributed by atoms with E-state index >= 15 is 0 Å². The van der Waals surface area contributed by atoms with Crippen molar-refractivity contribution in [1.29, 1.82) is 0 Å². The number of hydrogen-bond donors (Lipinski definition) is 1. The van der Waals surface area contributed by atoms with Gasteiger partial charge in [0.25, 0.3) is 0 Å². The van der Waals surface area contributed by atoms with Crippen LogP contribution in [0.15, 0.2) is 24.3 Å². The first-order valence-corrected chi connectivity index (χ1v) is 12.0. The highest BCUT2D eigenvalue weighted by molar-refractivity contribution is 6.01. The molecule has 2 atom stereocenters. The van der Waals surface area contributed by atoms with Crippen molar-refractivity contribution in [1.82, 2.24) is 10.2 Å². The molecule has 1 N–H and O–H groups in total. The number of amides is 2. The minimum Gasteiger partial charge on any atom is -0.482 e. The normalized spacial score (nSPS) is 16.8. The molecule has 2 rings (SSSR count). The molecule has 10 heteroatoms. The largest absolute Gasteiger partial charge is 0.482 e. The average molecular weight is 507 g/mol. The second kappa shape index (κ2) is 12.2. The molecule has 1 aliphatic heterocycles. The van der Waals surface area contributed by atoms with Gasteiger partial charge in [0.1, 0.15) is 23.6 Å². The number of carbonyl (C=O) groups excluding carboxylic acids is 4. The molecule has 0 spiro atoms. The van der Waals surface area contributed by atoms with Crippen LogP contribution in [0.5, 0.6) is 5.75 Å². The summed E-state index contributed by atoms with van der Waals surface area (Å²) in [5, 5.41) is 2.63. The summed E-state index contributed by atoms with van der Waals surface area (Å²) in [4.78, 5) is 50.4. The highest BCUT2D eigenvalue weighted by Gasteiger charge is 2.30. The van der Waals surface area contributed by atoms with Gasteiger partial charge in [-0.15, -0.1) is 0 Å². The second-order valence-corrected chi connectivity index (χ2v) is 10.7. The Labute approximate surface area is 212 Å². The van der Waals surface area contributed by atoms with Gasteiger partial charge in [-0.3, -0.25) is 9.59 Å². The van der Waals surface area contributed by atoms with E-state index in [1.165, 1.54) is 0 Å². The fraction of sp³-hybridized carbons (Fsp3) is 0.615. The van der Waals surface area contributed by atoms with E-state index in [9.17, 15) is 19.2 Å². The SMILES string of the molecule is C[C@H](NC(=O)CO[C@@H]1CCN(C(=O)OC(C)(C)C)C1)C(=O)c1ccc(OCC(=O)OC(C)(C)C)cc1. The molecule has 1 aromatic rings. The molecule has 0 unspecified atom stereocenters. The fourth-order valence-electron chi connectivity index (χ4n) is 3.38. The lowest BCUT2D eigenvalue weighted by Gasteiger charge is -2.24. The summed E-state index contributed by atoms with van der Waals surface area (Å²) in [6, 6.07) is 5.51. The van der Waals surface area contributed by atoms with Crippen LogP contribution in [0.3, 0.4) is 0 Å². The van der Waals surface area contributed by atoms with Crippen molar-refractivity contribution in [2.24, 2.45) is 0 Å². The Hall–Kier alpha value is -3.14. The third-order valence-electron chi connectivity index (χ3n) is 4.93. The van der Waals surface area contributed by atoms with Gasteiger partial charge in [-0.05, 0) is 79.2 Å². The highest BCUT2D eigenvalue weighted by atomic mass is 16.6. The number of ketones is 1. The minimum atomic E-state index is -0.767. The van der Waals surface area contributed by atoms with E-state index in [4.69, 9.17) is 18.9 Å². The van der Waals surface area contributed by atoms with Crippen molar-refractivity contribution in [3.8, 4) is 5.75 Å². The Morgan fingerprint density at radius 2 is 1.58 bits per heavy atom. The van der Waals surface area contributed by atoms with Crippen LogP contribution in [0.2, 0.25) is 0 Å². The quantitative estimate of drug-likeness (QED) is 0.401. The number of nitrogens with one attached hydrogen (secondary N) is 1. The van der Waals surface area contributed by atoms with Crippen molar-refractivity contribution in [2.45, 2.75) is 78.2 Å². The standard InChI is InChI=1S/C26H38N2O8/c1-17(23(31)18-8-10-19(11-9-18)34-16-22(30)35-25(2,3)4)27-21(29)15-33-20-12-13-28(14-20)24(32)36-26(5,6)7/h8-11,17,20H,12-16H2,1-7H3,(H,27,29)/t17-,20+/m0/s1. The number of carbonyl (C=O) groups is 4. The molecular formula is C26H38N2O8. The Morgan fingerprint density at radius 1 is 0.972 bits per heavy atom. The van der Waals surface area contributed by atoms with E-state index in [1.54, 1.807) is 77.6 Å². The third-order valence-corrected chi connectivity index (χ3v) is 4.93. The lowest BCUT2D eigenvalue weighted by Crippen LogP contribution is -2.41. The summed E-state index contributed by atoms with van der Waals surface area (Å²) in [6.07, 6.45) is -0.0791. The summed E-state index contributed by atoms with van der Waals surface area (Å²) >= 11 is 0. The first-order chi connectivity index (χ1) is 16.6. The Bertz CT molecular complexity index is 931. The lowest BCUT2D eigenvalue weighted by molar-refractivity contribution is -0.157. The summed E-state index contributed by atoms with van der Waals surface area (Å²) in [5.74, 6) is -0.779. The molecule has 36 heavy (non-hydrogen) atoms. The summed E-state index contributed by atoms with van der Waals surface area (Å²) in [5.41, 5.74) is -0.788. The monoisotopic (exact) mass is 506 g/mol. The Kier molecular flexibility index (Phi) is 9.86. The molecule has 0 radical (unpaired) electrons. The number of likely N-dealkylation sites (tertiary alicyclic amines) is 1. The molecule has 1 aliphatic rings. The first kappa shape index (κ1) is 29.1. The number of ether oxygens (including phenoxy) is 4. The van der Waals surface area contributed by atoms with E-state index < -0.39 is 35.2 Å². The van der Waals surface area contributed by atoms with Gasteiger partial charge in [-0.2, -0.15) is 0 Å². The number of esters is 1. The number of rotatable bonds is 9. The van der Waals surface area contributed by atoms with Gasteiger partial charge in [-0.1, -0.05) is 0 Å². The molecule has 10 nitrogen and oxygen atoms in total. The van der Waals surface area contributed by atoms with Crippen molar-refractivity contribution in [3.05, 3.63) is 29.8 Å². The van der Waals surface area contributed by atoms with E-state index in [0.717, 1.165) is 0 Å². The van der Waals surface area contributed by atoms with Crippen LogP contribution in [0, 0.1) is 0 Å². The zero-order valence-corrected chi connectivity index (χ0v) is 22.2. The molecule has 1 aromatic carbocycles. The van der Waals surface area contributed by atoms with Crippen LogP contribution in [0.25, 0.3) is 0 Å². The van der Waals surface area contributed by atoms with Crippen LogP contribution < -0.4 is 10.1 Å². The van der Waals surface area contributed by atoms with Crippen LogP contribution in [0.1, 0.15) is 65.2 Å². The number of nitrogens with zero attached hydrogens (tertiary/aromatic N) is 1. The van der Waals surface area contributed by atoms with Gasteiger partial charge in [0.05, 0.1) is 18.7 Å². The van der Waals surface area contributed by atoms with Gasteiger partial charge in [0.15, 0.2) is 12.4 Å². The van der Waals surface area contributed by atoms with Gasteiger partial charge >= 0.3 is 12.1 Å². The Balaban J connectivity index is 1.75. The van der Waals surface area contributed by atoms with E-state index in [-0.39, 0.29) is 25.1 Å². The molecule has 0 aromatic heterocycles. The molecule has 1 fully saturated rings. The van der Waals surface area contributed by atoms with Crippen molar-refractivity contribution >= 4 is 23.8 Å². The predicted molar refractivity (Wildman–Crippen MR) is 132 cm³/mol. The molecule has 1 heterocycles. The van der Waals surface area contributed by atoms with Crippen LogP contribution in [-0.4, -0.2) is 78.3 Å². The van der Waals surface area contributed by atoms with Crippen LogP contribution >= 0.6 is 0 Å². The summed E-state index contributed by atoms with van der Waals surface area (Å²) in [6.45, 7) is 12.7. The lowest BCUT2D eigenvalue weighted by atomic mass is 10.1. The van der Waals surface area contributed by atoms with Crippen LogP contribution in [0.4, 0.5) is 4.79 Å². The topological polar surface area (TPSA) is 120 Å². The smallest absolute Gasteiger partial charge is 0.410 e. The van der Waals surface area contributed by atoms with E-state index in [2.05, 4.69) is 5.32 Å². The van der Waals surface area contributed by atoms with Gasteiger partial charge in [0.2, 0.25) is 5.91 Å². The third kappa shape index (κ3) is 10.2. The zero-order valence-electron chi connectivity index (χ0n) is 22.2. The first-order valence-electron chi connectivity index (χ1n) is 12.0. The average Bonchev–Trinajstić information content (AvgIpc) is 3.23. The molecular weight excluding hydrogens is 468 g/mol. The van der Waals surface area contributed by atoms with Gasteiger partial charge < -0.3 is 29.2 Å². The Morgan fingerprint density at radius 3 is 2.17 bits per heavy atom. The van der Waals surface area contributed by atoms with Crippen molar-refractivity contribution in [2.75, 3.05) is 26.3 Å². The molecule has 200 valence electrons. The second-order valence-electron chi connectivity index (χ2n) is 10.7. The van der Waals surface area contributed by atoms with Crippen LogP contribution in [-0.2, 0) is 23.8 Å². The molecule has 1 saturated heterocycles. The summed E-state index contributed by atoms with van der Waals surface area (Å²) in [7, 11) is 0. The number of Topliss-reactive ketones (excluding diaryl/α,β-unsaturated/α-hetero) is 1. The van der Waals surface area contributed by atoms with Crippen molar-refractivity contribution in [3.63, 3.8) is 0 Å². The van der Waals surface area contributed by atoms with E-state index in [1.807, 2.05) is 0 Å². The zero-order chi connectivity index (χ0) is 27.1. The van der Waals surface area contributed by atoms with Gasteiger partial charge in [0, 0.05) is 12.1 Å². The number of hydrogen-bond acceptors (Lipinski definition) is 8. The molecule has 2 amide bonds. The predicted octanol–water partition coefficient (Wildman–Crippen LogP) is 3.12. The highest BCUT2D eigenvalue weighted by Crippen LogP contribution is 2.18. The molecule has 0 saturated carbocycles. The molecule has 0 bridgehead atoms. The minimum absolute atomic E-state index is 0.220. The molecule has 0 aliphatic carbocycles.